The molecule has 1 saturated heterocycles. The van der Waals surface area contributed by atoms with Gasteiger partial charge in [0.25, 0.3) is 0 Å². The molecule has 2 aromatic heterocycles. The normalized spacial score (nSPS) is 17.2. The van der Waals surface area contributed by atoms with E-state index in [1.54, 1.807) is 0 Å². The SMILES string of the molecule is CCOC(=O)[C@@H]1CCCN(CCC=C(c2sccc2C)c2sccc2C)C1.O=C(O)[C@H](O)[C@@H](O)C(=O)O. The lowest BCUT2D eigenvalue weighted by Gasteiger charge is -2.31. The number of ether oxygens (including phenoxy) is 1. The number of aliphatic carboxylic acids is 2. The number of rotatable bonds is 10. The maximum absolute atomic E-state index is 12.1. The van der Waals surface area contributed by atoms with Gasteiger partial charge in [0.1, 0.15) is 0 Å². The van der Waals surface area contributed by atoms with E-state index in [0.717, 1.165) is 38.9 Å². The highest BCUT2D eigenvalue weighted by Gasteiger charge is 2.29. The molecule has 0 radical (unpaired) electrons. The highest BCUT2D eigenvalue weighted by atomic mass is 32.1. The van der Waals surface area contributed by atoms with Gasteiger partial charge in [0.05, 0.1) is 12.5 Å². The Morgan fingerprint density at radius 1 is 1.05 bits per heavy atom. The van der Waals surface area contributed by atoms with Gasteiger partial charge in [0, 0.05) is 28.4 Å². The van der Waals surface area contributed by atoms with E-state index in [0.29, 0.717) is 6.61 Å². The summed E-state index contributed by atoms with van der Waals surface area (Å²) in [5, 5.41) is 36.9. The lowest BCUT2D eigenvalue weighted by molar-refractivity contribution is -0.165. The number of carbonyl (C=O) groups is 3. The molecule has 3 heterocycles. The van der Waals surface area contributed by atoms with Gasteiger partial charge in [-0.05, 0) is 80.6 Å². The van der Waals surface area contributed by atoms with Gasteiger partial charge in [-0.3, -0.25) is 4.79 Å². The summed E-state index contributed by atoms with van der Waals surface area (Å²) in [7, 11) is 0. The molecule has 37 heavy (non-hydrogen) atoms. The average molecular weight is 554 g/mol. The van der Waals surface area contributed by atoms with Crippen LogP contribution in [0.5, 0.6) is 0 Å². The molecule has 0 saturated carbocycles. The van der Waals surface area contributed by atoms with Gasteiger partial charge in [-0.2, -0.15) is 0 Å². The molecular formula is C26H35NO8S2. The van der Waals surface area contributed by atoms with Crippen molar-refractivity contribution in [2.45, 2.75) is 52.2 Å². The maximum Gasteiger partial charge on any atom is 0.335 e. The molecule has 1 aliphatic rings. The van der Waals surface area contributed by atoms with Crippen molar-refractivity contribution in [3.63, 3.8) is 0 Å². The Labute approximate surface area is 224 Å². The first-order chi connectivity index (χ1) is 17.6. The Balaban J connectivity index is 0.000000410. The Morgan fingerprint density at radius 2 is 1.59 bits per heavy atom. The van der Waals surface area contributed by atoms with Gasteiger partial charge in [-0.25, -0.2) is 9.59 Å². The van der Waals surface area contributed by atoms with Gasteiger partial charge in [-0.1, -0.05) is 6.08 Å². The zero-order chi connectivity index (χ0) is 27.5. The number of piperidine rings is 1. The lowest BCUT2D eigenvalue weighted by Crippen LogP contribution is -2.39. The van der Waals surface area contributed by atoms with E-state index >= 15 is 0 Å². The summed E-state index contributed by atoms with van der Waals surface area (Å²) < 4.78 is 5.22. The minimum atomic E-state index is -2.27. The minimum Gasteiger partial charge on any atom is -0.479 e. The number of aryl methyl sites for hydroxylation is 2. The summed E-state index contributed by atoms with van der Waals surface area (Å²) in [6.07, 6.45) is 0.897. The second kappa shape index (κ2) is 15.0. The van der Waals surface area contributed by atoms with Crippen molar-refractivity contribution < 1.29 is 39.5 Å². The zero-order valence-electron chi connectivity index (χ0n) is 21.3. The molecule has 204 valence electrons. The third-order valence-corrected chi connectivity index (χ3v) is 8.04. The van der Waals surface area contributed by atoms with Crippen molar-refractivity contribution in [2.75, 3.05) is 26.2 Å². The molecule has 3 atom stereocenters. The summed E-state index contributed by atoms with van der Waals surface area (Å²) in [6.45, 7) is 9.64. The average Bonchev–Trinajstić information content (AvgIpc) is 3.49. The van der Waals surface area contributed by atoms with Crippen LogP contribution in [0.15, 0.2) is 29.0 Å². The molecular weight excluding hydrogens is 518 g/mol. The smallest absolute Gasteiger partial charge is 0.335 e. The second-order valence-corrected chi connectivity index (χ2v) is 10.6. The molecule has 4 N–H and O–H groups in total. The van der Waals surface area contributed by atoms with Gasteiger partial charge < -0.3 is 30.1 Å². The van der Waals surface area contributed by atoms with E-state index in [4.69, 9.17) is 25.2 Å². The Kier molecular flexibility index (Phi) is 12.4. The van der Waals surface area contributed by atoms with Gasteiger partial charge >= 0.3 is 17.9 Å². The monoisotopic (exact) mass is 553 g/mol. The topological polar surface area (TPSA) is 145 Å². The fourth-order valence-electron chi connectivity index (χ4n) is 3.96. The highest BCUT2D eigenvalue weighted by Crippen LogP contribution is 2.35. The van der Waals surface area contributed by atoms with E-state index < -0.39 is 24.1 Å². The lowest BCUT2D eigenvalue weighted by atomic mass is 9.98. The predicted molar refractivity (Wildman–Crippen MR) is 143 cm³/mol. The van der Waals surface area contributed by atoms with Crippen LogP contribution < -0.4 is 0 Å². The third kappa shape index (κ3) is 9.04. The summed E-state index contributed by atoms with van der Waals surface area (Å²) >= 11 is 3.65. The number of aliphatic hydroxyl groups is 2. The number of nitrogens with zero attached hydrogens (tertiary/aromatic N) is 1. The van der Waals surface area contributed by atoms with Gasteiger partial charge in [0.2, 0.25) is 0 Å². The fraction of sp³-hybridized carbons (Fsp3) is 0.500. The van der Waals surface area contributed by atoms with Crippen molar-refractivity contribution in [2.24, 2.45) is 5.92 Å². The van der Waals surface area contributed by atoms with Crippen LogP contribution in [-0.2, 0) is 19.1 Å². The molecule has 0 unspecified atom stereocenters. The molecule has 0 spiro atoms. The summed E-state index contributed by atoms with van der Waals surface area (Å²) in [6, 6.07) is 4.40. The molecule has 1 fully saturated rings. The van der Waals surface area contributed by atoms with Crippen LogP contribution >= 0.6 is 22.7 Å². The first kappa shape index (κ1) is 30.7. The first-order valence-corrected chi connectivity index (χ1v) is 13.8. The number of carboxylic acids is 2. The van der Waals surface area contributed by atoms with Crippen LogP contribution in [0.25, 0.3) is 5.57 Å². The fourth-order valence-corrected chi connectivity index (χ4v) is 5.97. The number of hydrogen-bond donors (Lipinski definition) is 4. The molecule has 0 amide bonds. The molecule has 0 bridgehead atoms. The third-order valence-electron chi connectivity index (χ3n) is 5.94. The van der Waals surface area contributed by atoms with E-state index in [-0.39, 0.29) is 11.9 Å². The standard InChI is InChI=1S/C22H29NO2S2.C4H6O6/c1-4-25-22(24)18-7-5-11-23(15-18)12-6-8-19(20-16(2)9-13-26-20)21-17(3)10-14-27-21;5-1(3(7)8)2(6)4(9)10/h8-10,13-14,18H,4-7,11-12,15H2,1-3H3;1-2,5-6H,(H,7,8)(H,9,10)/t18-;1-,2-/m11/s1. The zero-order valence-corrected chi connectivity index (χ0v) is 22.9. The molecule has 11 heteroatoms. The maximum atomic E-state index is 12.1. The molecule has 2 aromatic rings. The number of likely N-dealkylation sites (tertiary alicyclic amines) is 1. The summed E-state index contributed by atoms with van der Waals surface area (Å²) in [5.74, 6) is -3.52. The van der Waals surface area contributed by atoms with E-state index in [1.165, 1.54) is 26.5 Å². The number of carboxylic acid groups (broad SMARTS) is 2. The van der Waals surface area contributed by atoms with Crippen LogP contribution in [0.3, 0.4) is 0 Å². The van der Waals surface area contributed by atoms with E-state index in [9.17, 15) is 14.4 Å². The van der Waals surface area contributed by atoms with Crippen LogP contribution in [0.1, 0.15) is 47.1 Å². The number of thiophene rings is 2. The molecule has 0 aliphatic carbocycles. The van der Waals surface area contributed by atoms with Crippen LogP contribution in [0.4, 0.5) is 0 Å². The van der Waals surface area contributed by atoms with Crippen molar-refractivity contribution in [3.05, 3.63) is 49.9 Å². The highest BCUT2D eigenvalue weighted by molar-refractivity contribution is 7.14. The Hall–Kier alpha value is -2.57. The van der Waals surface area contributed by atoms with Crippen LogP contribution in [0, 0.1) is 19.8 Å². The largest absolute Gasteiger partial charge is 0.479 e. The second-order valence-electron chi connectivity index (χ2n) is 8.73. The predicted octanol–water partition coefficient (Wildman–Crippen LogP) is 3.40. The number of hydrogen-bond acceptors (Lipinski definition) is 9. The van der Waals surface area contributed by atoms with Crippen LogP contribution in [0.2, 0.25) is 0 Å². The van der Waals surface area contributed by atoms with Crippen molar-refractivity contribution in [3.8, 4) is 0 Å². The molecule has 0 aromatic carbocycles. The summed E-state index contributed by atoms with van der Waals surface area (Å²) in [4.78, 5) is 36.8. The molecule has 1 aliphatic heterocycles. The van der Waals surface area contributed by atoms with Crippen molar-refractivity contribution in [1.82, 2.24) is 4.90 Å². The van der Waals surface area contributed by atoms with Crippen molar-refractivity contribution in [1.29, 1.82) is 0 Å². The minimum absolute atomic E-state index is 0.0261. The van der Waals surface area contributed by atoms with Gasteiger partial charge in [0.15, 0.2) is 12.2 Å². The van der Waals surface area contributed by atoms with E-state index in [1.807, 2.05) is 29.6 Å². The van der Waals surface area contributed by atoms with Crippen molar-refractivity contribution >= 4 is 46.2 Å². The quantitative estimate of drug-likeness (QED) is 0.325. The van der Waals surface area contributed by atoms with E-state index in [2.05, 4.69) is 47.7 Å². The summed E-state index contributed by atoms with van der Waals surface area (Å²) in [5.41, 5.74) is 4.06. The Bertz CT molecular complexity index is 1020. The number of aliphatic hydroxyl groups excluding tert-OH is 2. The first-order valence-electron chi connectivity index (χ1n) is 12.1. The number of carbonyl (C=O) groups excluding carboxylic acids is 1. The molecule has 3 rings (SSSR count). The van der Waals surface area contributed by atoms with Gasteiger partial charge in [-0.15, -0.1) is 22.7 Å². The Morgan fingerprint density at radius 3 is 2.03 bits per heavy atom. The number of esters is 1. The van der Waals surface area contributed by atoms with Crippen LogP contribution in [-0.4, -0.2) is 81.7 Å². The molecule has 9 nitrogen and oxygen atoms in total.